The predicted molar refractivity (Wildman–Crippen MR) is 69.3 cm³/mol. The van der Waals surface area contributed by atoms with Crippen LogP contribution in [0.2, 0.25) is 0 Å². The van der Waals surface area contributed by atoms with E-state index in [1.165, 1.54) is 4.90 Å². The Balaban J connectivity index is 2.78. The molecule has 0 aliphatic carbocycles. The maximum Gasteiger partial charge on any atom is 0.227 e. The minimum Gasteiger partial charge on any atom is -0.496 e. The molecule has 0 aromatic heterocycles. The van der Waals surface area contributed by atoms with Crippen LogP contribution in [0, 0.1) is 18.3 Å². The summed E-state index contributed by atoms with van der Waals surface area (Å²) in [6.45, 7) is 4.51. The summed E-state index contributed by atoms with van der Waals surface area (Å²) in [5.41, 5.74) is 1.94. The van der Waals surface area contributed by atoms with Gasteiger partial charge in [0, 0.05) is 6.54 Å². The van der Waals surface area contributed by atoms with Crippen molar-refractivity contribution in [2.45, 2.75) is 20.3 Å². The van der Waals surface area contributed by atoms with Crippen LogP contribution in [0.25, 0.3) is 0 Å². The Hall–Kier alpha value is -2.02. The molecule has 0 fully saturated rings. The van der Waals surface area contributed by atoms with Gasteiger partial charge in [0.05, 0.1) is 19.6 Å². The number of benzene rings is 1. The zero-order chi connectivity index (χ0) is 13.5. The molecule has 0 N–H and O–H groups in total. The minimum atomic E-state index is -0.0371. The monoisotopic (exact) mass is 246 g/mol. The van der Waals surface area contributed by atoms with Crippen LogP contribution in [0.1, 0.15) is 18.1 Å². The highest BCUT2D eigenvalue weighted by Crippen LogP contribution is 2.19. The number of methoxy groups -OCH3 is 1. The molecule has 0 unspecified atom stereocenters. The van der Waals surface area contributed by atoms with Crippen molar-refractivity contribution >= 4 is 5.91 Å². The molecule has 0 atom stereocenters. The van der Waals surface area contributed by atoms with E-state index in [4.69, 9.17) is 10.00 Å². The van der Waals surface area contributed by atoms with Crippen LogP contribution in [-0.4, -0.2) is 31.0 Å². The fourth-order valence-electron chi connectivity index (χ4n) is 1.72. The van der Waals surface area contributed by atoms with Crippen LogP contribution in [-0.2, 0) is 11.2 Å². The van der Waals surface area contributed by atoms with Gasteiger partial charge in [-0.1, -0.05) is 12.1 Å². The molecule has 0 aliphatic heterocycles. The van der Waals surface area contributed by atoms with Crippen molar-refractivity contribution in [3.05, 3.63) is 29.3 Å². The molecule has 1 aromatic carbocycles. The Morgan fingerprint density at radius 3 is 2.78 bits per heavy atom. The molecule has 0 heterocycles. The fourth-order valence-corrected chi connectivity index (χ4v) is 1.72. The summed E-state index contributed by atoms with van der Waals surface area (Å²) in [6, 6.07) is 7.71. The van der Waals surface area contributed by atoms with Gasteiger partial charge in [0.25, 0.3) is 0 Å². The number of nitriles is 1. The topological polar surface area (TPSA) is 53.3 Å². The second kappa shape index (κ2) is 6.65. The number of amides is 1. The molecular formula is C14H18N2O2. The Bertz CT molecular complexity index is 463. The molecule has 18 heavy (non-hydrogen) atoms. The molecule has 4 heteroatoms. The first-order valence-electron chi connectivity index (χ1n) is 5.90. The van der Waals surface area contributed by atoms with E-state index in [9.17, 15) is 4.79 Å². The molecule has 4 nitrogen and oxygen atoms in total. The van der Waals surface area contributed by atoms with Crippen LogP contribution in [0.5, 0.6) is 5.75 Å². The third kappa shape index (κ3) is 3.49. The number of nitrogens with zero attached hydrogens (tertiary/aromatic N) is 2. The summed E-state index contributed by atoms with van der Waals surface area (Å²) in [7, 11) is 1.61. The summed E-state index contributed by atoms with van der Waals surface area (Å²) >= 11 is 0. The van der Waals surface area contributed by atoms with Gasteiger partial charge in [-0.2, -0.15) is 5.26 Å². The van der Waals surface area contributed by atoms with Gasteiger partial charge in [-0.05, 0) is 31.0 Å². The first-order valence-corrected chi connectivity index (χ1v) is 5.90. The molecule has 0 saturated heterocycles. The van der Waals surface area contributed by atoms with Crippen molar-refractivity contribution in [2.24, 2.45) is 0 Å². The molecular weight excluding hydrogens is 228 g/mol. The molecule has 96 valence electrons. The zero-order valence-electron chi connectivity index (χ0n) is 11.1. The average Bonchev–Trinajstić information content (AvgIpc) is 2.38. The fraction of sp³-hybridized carbons (Fsp3) is 0.429. The molecule has 0 spiro atoms. The molecule has 0 radical (unpaired) electrons. The highest BCUT2D eigenvalue weighted by atomic mass is 16.5. The van der Waals surface area contributed by atoms with Gasteiger partial charge in [0.2, 0.25) is 5.91 Å². The lowest BCUT2D eigenvalue weighted by Gasteiger charge is -2.17. The van der Waals surface area contributed by atoms with E-state index >= 15 is 0 Å². The maximum atomic E-state index is 12.0. The van der Waals surface area contributed by atoms with Crippen LogP contribution >= 0.6 is 0 Å². The van der Waals surface area contributed by atoms with Crippen LogP contribution in [0.4, 0.5) is 0 Å². The van der Waals surface area contributed by atoms with Crippen molar-refractivity contribution in [2.75, 3.05) is 20.2 Å². The van der Waals surface area contributed by atoms with Crippen molar-refractivity contribution in [3.63, 3.8) is 0 Å². The van der Waals surface area contributed by atoms with E-state index in [-0.39, 0.29) is 12.5 Å². The van der Waals surface area contributed by atoms with E-state index in [0.717, 1.165) is 16.9 Å². The molecule has 1 rings (SSSR count). The quantitative estimate of drug-likeness (QED) is 0.746. The summed E-state index contributed by atoms with van der Waals surface area (Å²) < 4.78 is 5.22. The average molecular weight is 246 g/mol. The first-order chi connectivity index (χ1) is 8.62. The van der Waals surface area contributed by atoms with Gasteiger partial charge in [-0.3, -0.25) is 4.79 Å². The highest BCUT2D eigenvalue weighted by Gasteiger charge is 2.12. The van der Waals surface area contributed by atoms with E-state index in [1.54, 1.807) is 7.11 Å². The standard InChI is InChI=1S/C14H18N2O2/c1-4-16(8-7-15)14(17)10-12-6-5-11(2)13(9-12)18-3/h5-6,9H,4,8,10H2,1-3H3. The zero-order valence-corrected chi connectivity index (χ0v) is 11.1. The molecule has 0 aliphatic rings. The first kappa shape index (κ1) is 14.0. The predicted octanol–water partition coefficient (Wildman–Crippen LogP) is 1.92. The number of hydrogen-bond acceptors (Lipinski definition) is 3. The lowest BCUT2D eigenvalue weighted by molar-refractivity contribution is -0.129. The van der Waals surface area contributed by atoms with Gasteiger partial charge in [-0.25, -0.2) is 0 Å². The van der Waals surface area contributed by atoms with Gasteiger partial charge in [0.1, 0.15) is 12.3 Å². The Labute approximate surface area is 108 Å². The molecule has 0 bridgehead atoms. The van der Waals surface area contributed by atoms with Gasteiger partial charge in [0.15, 0.2) is 0 Å². The SMILES string of the molecule is CCN(CC#N)C(=O)Cc1ccc(C)c(OC)c1. The number of aryl methyl sites for hydroxylation is 1. The summed E-state index contributed by atoms with van der Waals surface area (Å²) in [4.78, 5) is 13.5. The molecule has 0 saturated carbocycles. The molecule has 1 amide bonds. The van der Waals surface area contributed by atoms with Crippen LogP contribution in [0.3, 0.4) is 0 Å². The number of ether oxygens (including phenoxy) is 1. The van der Waals surface area contributed by atoms with E-state index in [1.807, 2.05) is 38.1 Å². The Morgan fingerprint density at radius 2 is 2.22 bits per heavy atom. The highest BCUT2D eigenvalue weighted by molar-refractivity contribution is 5.79. The van der Waals surface area contributed by atoms with Crippen molar-refractivity contribution in [1.29, 1.82) is 5.26 Å². The van der Waals surface area contributed by atoms with Gasteiger partial charge >= 0.3 is 0 Å². The number of carbonyl (C=O) groups is 1. The number of carbonyl (C=O) groups excluding carboxylic acids is 1. The Morgan fingerprint density at radius 1 is 1.50 bits per heavy atom. The van der Waals surface area contributed by atoms with Crippen molar-refractivity contribution < 1.29 is 9.53 Å². The van der Waals surface area contributed by atoms with Crippen molar-refractivity contribution in [1.82, 2.24) is 4.90 Å². The smallest absolute Gasteiger partial charge is 0.227 e. The largest absolute Gasteiger partial charge is 0.496 e. The van der Waals surface area contributed by atoms with Crippen LogP contribution < -0.4 is 4.74 Å². The number of hydrogen-bond donors (Lipinski definition) is 0. The second-order valence-corrected chi connectivity index (χ2v) is 4.05. The van der Waals surface area contributed by atoms with Gasteiger partial charge in [-0.15, -0.1) is 0 Å². The summed E-state index contributed by atoms with van der Waals surface area (Å²) in [5.74, 6) is 0.744. The summed E-state index contributed by atoms with van der Waals surface area (Å²) in [6.07, 6.45) is 0.298. The Kier molecular flexibility index (Phi) is 5.19. The minimum absolute atomic E-state index is 0.0371. The third-order valence-electron chi connectivity index (χ3n) is 2.82. The normalized spacial score (nSPS) is 9.67. The second-order valence-electron chi connectivity index (χ2n) is 4.05. The maximum absolute atomic E-state index is 12.0. The third-order valence-corrected chi connectivity index (χ3v) is 2.82. The van der Waals surface area contributed by atoms with E-state index in [2.05, 4.69) is 0 Å². The van der Waals surface area contributed by atoms with E-state index in [0.29, 0.717) is 13.0 Å². The van der Waals surface area contributed by atoms with E-state index < -0.39 is 0 Å². The lowest BCUT2D eigenvalue weighted by atomic mass is 10.1. The summed E-state index contributed by atoms with van der Waals surface area (Å²) in [5, 5.41) is 8.64. The van der Waals surface area contributed by atoms with Gasteiger partial charge < -0.3 is 9.64 Å². The number of likely N-dealkylation sites (N-methyl/N-ethyl adjacent to an activating group) is 1. The van der Waals surface area contributed by atoms with Crippen LogP contribution in [0.15, 0.2) is 18.2 Å². The molecule has 1 aromatic rings. The van der Waals surface area contributed by atoms with Crippen molar-refractivity contribution in [3.8, 4) is 11.8 Å². The number of rotatable bonds is 5. The lowest BCUT2D eigenvalue weighted by Crippen LogP contribution is -2.32.